The molecule has 11 nitrogen and oxygen atoms in total. The number of benzene rings is 1. The molecule has 0 saturated carbocycles. The lowest BCUT2D eigenvalue weighted by Gasteiger charge is -2.08. The van der Waals surface area contributed by atoms with Gasteiger partial charge < -0.3 is 36.5 Å². The largest absolute Gasteiger partial charge is 0.504 e. The number of fused-ring (bicyclic) bond motifs is 8. The van der Waals surface area contributed by atoms with Gasteiger partial charge in [-0.15, -0.1) is 0 Å². The van der Waals surface area contributed by atoms with Crippen molar-refractivity contribution < 1.29 is 19.8 Å². The van der Waals surface area contributed by atoms with Gasteiger partial charge in [0.25, 0.3) is 0 Å². The second-order valence-electron chi connectivity index (χ2n) is 16.6. The summed E-state index contributed by atoms with van der Waals surface area (Å²) in [6.07, 6.45) is 10.7. The number of amides is 2. The van der Waals surface area contributed by atoms with Crippen LogP contribution in [-0.4, -0.2) is 61.6 Å². The van der Waals surface area contributed by atoms with Crippen LogP contribution in [-0.2, 0) is 28.9 Å². The van der Waals surface area contributed by atoms with Crippen LogP contribution in [0.1, 0.15) is 142 Å². The number of H-pyrrole nitrogens is 2. The summed E-state index contributed by atoms with van der Waals surface area (Å²) in [6, 6.07) is 13.4. The highest BCUT2D eigenvalue weighted by atomic mass is 16.3. The van der Waals surface area contributed by atoms with Crippen LogP contribution in [0.25, 0.3) is 44.4 Å². The highest BCUT2D eigenvalue weighted by molar-refractivity contribution is 5.95. The van der Waals surface area contributed by atoms with Crippen LogP contribution in [0.3, 0.4) is 0 Å². The van der Waals surface area contributed by atoms with E-state index in [1.807, 2.05) is 0 Å². The molecule has 0 unspecified atom stereocenters. The number of allylic oxidation sites excluding steroid dienone is 4. The molecular weight excluding hydrogens is 763 g/mol. The first-order valence-electron chi connectivity index (χ1n) is 22.3. The topological polar surface area (TPSA) is 182 Å². The lowest BCUT2D eigenvalue weighted by molar-refractivity contribution is -0.126. The number of hydrogen-bond acceptors (Lipinski definition) is 7. The summed E-state index contributed by atoms with van der Waals surface area (Å²) in [5.41, 5.74) is 24.4. The number of rotatable bonds is 19. The van der Waals surface area contributed by atoms with Crippen molar-refractivity contribution >= 4 is 56.2 Å². The molecular formula is C50H65N7O4. The molecule has 0 saturated heterocycles. The first-order chi connectivity index (χ1) is 29.4. The molecule has 0 radical (unpaired) electrons. The maximum absolute atomic E-state index is 13.0. The van der Waals surface area contributed by atoms with E-state index in [0.29, 0.717) is 32.5 Å². The highest BCUT2D eigenvalue weighted by Crippen LogP contribution is 2.38. The number of nitrogens with two attached hydrogens (primary N) is 1. The predicted octanol–water partition coefficient (Wildman–Crippen LogP) is 9.66. The third kappa shape index (κ3) is 10.8. The van der Waals surface area contributed by atoms with E-state index >= 15 is 0 Å². The monoisotopic (exact) mass is 828 g/mol. The number of unbranched alkanes of at least 4 members (excludes halogenated alkanes) is 4. The number of aromatic amines is 2. The van der Waals surface area contributed by atoms with Crippen molar-refractivity contribution in [3.63, 3.8) is 0 Å². The minimum absolute atomic E-state index is 0.0689. The molecule has 0 spiro atoms. The fourth-order valence-corrected chi connectivity index (χ4v) is 8.54. The number of phenolic OH excluding ortho intramolecular Hbond substituents is 2. The van der Waals surface area contributed by atoms with Crippen molar-refractivity contribution in [2.24, 2.45) is 5.73 Å². The van der Waals surface area contributed by atoms with E-state index in [9.17, 15) is 19.8 Å². The van der Waals surface area contributed by atoms with Gasteiger partial charge >= 0.3 is 0 Å². The average molecular weight is 828 g/mol. The smallest absolute Gasteiger partial charge is 0.220 e. The molecule has 61 heavy (non-hydrogen) atoms. The number of carbonyl (C=O) groups is 2. The van der Waals surface area contributed by atoms with Crippen LogP contribution >= 0.6 is 0 Å². The Morgan fingerprint density at radius 3 is 1.54 bits per heavy atom. The Morgan fingerprint density at radius 1 is 0.590 bits per heavy atom. The van der Waals surface area contributed by atoms with E-state index in [1.165, 1.54) is 45.6 Å². The average Bonchev–Trinajstić information content (AvgIpc) is 3.89. The first kappa shape index (κ1) is 44.9. The minimum atomic E-state index is -0.218. The number of aromatic hydroxyl groups is 2. The van der Waals surface area contributed by atoms with Crippen LogP contribution < -0.4 is 16.4 Å². The zero-order valence-corrected chi connectivity index (χ0v) is 37.0. The molecule has 8 bridgehead atoms. The van der Waals surface area contributed by atoms with Crippen LogP contribution in [0.4, 0.5) is 0 Å². The molecule has 8 N–H and O–H groups in total. The molecule has 6 rings (SSSR count). The van der Waals surface area contributed by atoms with E-state index < -0.39 is 0 Å². The zero-order chi connectivity index (χ0) is 43.6. The summed E-state index contributed by atoms with van der Waals surface area (Å²) < 4.78 is 0. The lowest BCUT2D eigenvalue weighted by Crippen LogP contribution is -2.29. The quantitative estimate of drug-likeness (QED) is 0.0363. The summed E-state index contributed by atoms with van der Waals surface area (Å²) in [4.78, 5) is 43.7. The fourth-order valence-electron chi connectivity index (χ4n) is 8.54. The Labute approximate surface area is 360 Å². The van der Waals surface area contributed by atoms with Crippen molar-refractivity contribution in [2.75, 3.05) is 19.6 Å². The third-order valence-electron chi connectivity index (χ3n) is 12.3. The minimum Gasteiger partial charge on any atom is -0.504 e. The molecule has 324 valence electrons. The Morgan fingerprint density at radius 2 is 1.07 bits per heavy atom. The SMILES string of the molecule is CCCCCC1=C(C)c2cc3[nH]c(cc4nc(cc5[nH]c(cc1n2)c(C)c5CCN)C(C)=C4CCCCC)c(C)c3CCNC(=O)CCC(=O)NCCc1ccc(O)c(O)c1. The number of hydrogen-bond donors (Lipinski definition) is 7. The number of phenols is 2. The van der Waals surface area contributed by atoms with Gasteiger partial charge in [0.1, 0.15) is 0 Å². The van der Waals surface area contributed by atoms with E-state index in [4.69, 9.17) is 15.7 Å². The summed E-state index contributed by atoms with van der Waals surface area (Å²) in [6.45, 7) is 14.5. The molecule has 0 fully saturated rings. The highest BCUT2D eigenvalue weighted by Gasteiger charge is 2.21. The first-order valence-corrected chi connectivity index (χ1v) is 22.3. The van der Waals surface area contributed by atoms with E-state index in [2.05, 4.69) is 86.4 Å². The van der Waals surface area contributed by atoms with Gasteiger partial charge in [0.15, 0.2) is 11.5 Å². The molecule has 2 aliphatic rings. The molecule has 11 heteroatoms. The maximum atomic E-state index is 13.0. The van der Waals surface area contributed by atoms with Crippen molar-refractivity contribution in [3.8, 4) is 11.5 Å². The van der Waals surface area contributed by atoms with Crippen LogP contribution in [0, 0.1) is 13.8 Å². The zero-order valence-electron chi connectivity index (χ0n) is 37.0. The van der Waals surface area contributed by atoms with E-state index in [0.717, 1.165) is 119 Å². The van der Waals surface area contributed by atoms with Gasteiger partial charge in [-0.25, -0.2) is 9.97 Å². The van der Waals surface area contributed by atoms with Gasteiger partial charge in [0, 0.05) is 48.0 Å². The number of aryl methyl sites for hydroxylation is 2. The molecule has 2 aliphatic heterocycles. The summed E-state index contributed by atoms with van der Waals surface area (Å²) in [5.74, 6) is -0.782. The lowest BCUT2D eigenvalue weighted by atomic mass is 9.99. The van der Waals surface area contributed by atoms with Crippen molar-refractivity contribution in [1.82, 2.24) is 30.6 Å². The molecule has 1 aromatic carbocycles. The van der Waals surface area contributed by atoms with E-state index in [1.54, 1.807) is 6.07 Å². The Bertz CT molecular complexity index is 2490. The van der Waals surface area contributed by atoms with Gasteiger partial charge in [0.05, 0.1) is 22.8 Å². The second kappa shape index (κ2) is 20.7. The van der Waals surface area contributed by atoms with Gasteiger partial charge in [0.2, 0.25) is 11.8 Å². The fraction of sp³-hybridized carbons (Fsp3) is 0.440. The molecule has 3 aromatic heterocycles. The normalized spacial score (nSPS) is 12.7. The number of carbonyl (C=O) groups excluding carboxylic acids is 2. The molecule has 0 aliphatic carbocycles. The van der Waals surface area contributed by atoms with Gasteiger partial charge in [-0.05, 0) is 166 Å². The Balaban J connectivity index is 1.34. The van der Waals surface area contributed by atoms with Crippen LogP contribution in [0.15, 0.2) is 42.5 Å². The number of nitrogens with zero attached hydrogens (tertiary/aromatic N) is 2. The van der Waals surface area contributed by atoms with Crippen molar-refractivity contribution in [3.05, 3.63) is 93.1 Å². The maximum Gasteiger partial charge on any atom is 0.220 e. The van der Waals surface area contributed by atoms with Crippen LogP contribution in [0.2, 0.25) is 0 Å². The summed E-state index contributed by atoms with van der Waals surface area (Å²) in [7, 11) is 0. The van der Waals surface area contributed by atoms with Gasteiger partial charge in [-0.2, -0.15) is 0 Å². The molecule has 0 atom stereocenters. The summed E-state index contributed by atoms with van der Waals surface area (Å²) >= 11 is 0. The second-order valence-corrected chi connectivity index (χ2v) is 16.6. The predicted molar refractivity (Wildman–Crippen MR) is 249 cm³/mol. The standard InChI is InChI=1S/C50H65N7O4/c1-7-9-11-13-35-30(3)39-28-45-37(19-22-51)32(5)41(56-45)26-43-36(14-12-10-8-2)31(4)40(55-43)29-46-38(33(6)42(57-46)27-44(35)54-39)21-24-53-50(61)18-17-49(60)52-23-20-34-15-16-47(58)48(59)25-34/h15-16,25-29,56-59H,7-14,17-24,51H2,1-6H3,(H,52,60)(H,53,61). The Hall–Kier alpha value is -5.68. The van der Waals surface area contributed by atoms with Gasteiger partial charge in [-0.3, -0.25) is 9.59 Å². The molecule has 2 amide bonds. The van der Waals surface area contributed by atoms with E-state index in [-0.39, 0.29) is 36.2 Å². The third-order valence-corrected chi connectivity index (χ3v) is 12.3. The molecule has 5 heterocycles. The molecule has 4 aromatic rings. The number of aromatic nitrogens is 4. The van der Waals surface area contributed by atoms with Crippen LogP contribution in [0.5, 0.6) is 11.5 Å². The van der Waals surface area contributed by atoms with Crippen molar-refractivity contribution in [2.45, 2.75) is 125 Å². The summed E-state index contributed by atoms with van der Waals surface area (Å²) in [5, 5.41) is 25.2. The van der Waals surface area contributed by atoms with Crippen molar-refractivity contribution in [1.29, 1.82) is 0 Å². The number of nitrogens with one attached hydrogen (secondary N) is 4. The van der Waals surface area contributed by atoms with Gasteiger partial charge in [-0.1, -0.05) is 45.6 Å². The Kier molecular flexibility index (Phi) is 15.2.